The Bertz CT molecular complexity index is 4470. The molecule has 0 atom stereocenters. The van der Waals surface area contributed by atoms with Crippen LogP contribution in [0.5, 0.6) is 17.2 Å². The van der Waals surface area contributed by atoms with Gasteiger partial charge in [0.1, 0.15) is 32.3 Å². The van der Waals surface area contributed by atoms with Crippen molar-refractivity contribution >= 4 is 64.7 Å². The Morgan fingerprint density at radius 1 is 0.264 bits per heavy atom. The number of benzene rings is 12. The Balaban J connectivity index is 0.000000134. The number of fused-ring (bicyclic) bond motifs is 3. The van der Waals surface area contributed by atoms with E-state index in [1.54, 1.807) is 41.1 Å². The van der Waals surface area contributed by atoms with E-state index in [0.717, 1.165) is 125 Å². The molecule has 87 heavy (non-hydrogen) atoms. The quantitative estimate of drug-likeness (QED) is 0.133. The molecule has 0 fully saturated rings. The third-order valence-electron chi connectivity index (χ3n) is 14.7. The van der Waals surface area contributed by atoms with Crippen LogP contribution in [0.3, 0.4) is 0 Å². The molecule has 3 aromatic heterocycles. The second-order valence-electron chi connectivity index (χ2n) is 20.1. The smallest absolute Gasteiger partial charge is 0.136 e. The minimum absolute atomic E-state index is 0. The number of aromatic hydroxyl groups is 2. The second kappa shape index (κ2) is 27.5. The predicted octanol–water partition coefficient (Wildman–Crippen LogP) is 21.3. The summed E-state index contributed by atoms with van der Waals surface area (Å²) in [5, 5.41) is 24.9. The summed E-state index contributed by atoms with van der Waals surface area (Å²) < 4.78 is 9.34. The number of nitrogens with zero attached hydrogens (tertiary/aromatic N) is 3. The van der Waals surface area contributed by atoms with Gasteiger partial charge in [0.05, 0.1) is 54.5 Å². The molecular weight excluding hydrogens is 1230 g/mol. The molecule has 11 heteroatoms. The van der Waals surface area contributed by atoms with Crippen LogP contribution in [-0.2, 0) is 39.0 Å². The first-order valence-electron chi connectivity index (χ1n) is 27.8. The van der Waals surface area contributed by atoms with Gasteiger partial charge in [-0.3, -0.25) is 0 Å². The van der Waals surface area contributed by atoms with Crippen LogP contribution >= 0.6 is 34.0 Å². The molecule has 0 radical (unpaired) electrons. The number of aromatic nitrogens is 3. The van der Waals surface area contributed by atoms with Gasteiger partial charge < -0.3 is 14.9 Å². The van der Waals surface area contributed by atoms with E-state index in [1.807, 2.05) is 164 Å². The molecular formula is C76H53N3O3S3Zn2. The fourth-order valence-corrected chi connectivity index (χ4v) is 13.4. The Kier molecular flexibility index (Phi) is 18.9. The van der Waals surface area contributed by atoms with Crippen LogP contribution in [0.2, 0.25) is 0 Å². The molecule has 15 rings (SSSR count). The molecule has 0 aliphatic rings. The molecule has 0 spiro atoms. The summed E-state index contributed by atoms with van der Waals surface area (Å²) in [6, 6.07) is 98.3. The maximum Gasteiger partial charge on any atom is 0.136 e. The fraction of sp³-hybridized carbons (Fsp3) is 0.0132. The number of phenols is 2. The van der Waals surface area contributed by atoms with Gasteiger partial charge in [0, 0.05) is 55.6 Å². The van der Waals surface area contributed by atoms with Crippen molar-refractivity contribution in [2.75, 3.05) is 7.11 Å². The Morgan fingerprint density at radius 2 is 0.506 bits per heavy atom. The van der Waals surface area contributed by atoms with Crippen LogP contribution in [0.4, 0.5) is 0 Å². The number of thiazole rings is 3. The van der Waals surface area contributed by atoms with Gasteiger partial charge >= 0.3 is 0 Å². The molecule has 0 amide bonds. The van der Waals surface area contributed by atoms with E-state index >= 15 is 0 Å². The first-order valence-corrected chi connectivity index (χ1v) is 30.2. The zero-order valence-electron chi connectivity index (χ0n) is 47.5. The zero-order valence-corrected chi connectivity index (χ0v) is 55.9. The fourth-order valence-electron chi connectivity index (χ4n) is 10.5. The summed E-state index contributed by atoms with van der Waals surface area (Å²) in [6.07, 6.45) is 0. The molecule has 2 N–H and O–H groups in total. The molecule has 6 nitrogen and oxygen atoms in total. The van der Waals surface area contributed by atoms with Crippen LogP contribution in [0.1, 0.15) is 0 Å². The summed E-state index contributed by atoms with van der Waals surface area (Å²) in [4.78, 5) is 14.4. The number of hydrogen-bond acceptors (Lipinski definition) is 9. The largest absolute Gasteiger partial charge is 0.507 e. The molecule has 0 saturated carbocycles. The third kappa shape index (κ3) is 13.1. The normalized spacial score (nSPS) is 10.7. The minimum atomic E-state index is 0. The van der Waals surface area contributed by atoms with Gasteiger partial charge in [-0.2, -0.15) is 0 Å². The Morgan fingerprint density at radius 3 is 0.816 bits per heavy atom. The molecule has 0 bridgehead atoms. The van der Waals surface area contributed by atoms with Crippen molar-refractivity contribution in [1.29, 1.82) is 0 Å². The first kappa shape index (κ1) is 59.7. The van der Waals surface area contributed by atoms with Gasteiger partial charge in [0.2, 0.25) is 0 Å². The number of rotatable bonds is 10. The van der Waals surface area contributed by atoms with Crippen molar-refractivity contribution in [1.82, 2.24) is 15.0 Å². The molecule has 0 aliphatic carbocycles. The maximum absolute atomic E-state index is 11.2. The van der Waals surface area contributed by atoms with Crippen LogP contribution in [0, 0.1) is 0 Å². The van der Waals surface area contributed by atoms with E-state index in [2.05, 4.69) is 127 Å². The number of para-hydroxylation sites is 3. The minimum Gasteiger partial charge on any atom is -0.507 e. The van der Waals surface area contributed by atoms with Crippen molar-refractivity contribution < 1.29 is 53.9 Å². The van der Waals surface area contributed by atoms with E-state index in [4.69, 9.17) is 19.7 Å². The van der Waals surface area contributed by atoms with Crippen molar-refractivity contribution in [3.63, 3.8) is 0 Å². The topological polar surface area (TPSA) is 88.4 Å². The summed E-state index contributed by atoms with van der Waals surface area (Å²) in [6.45, 7) is 0. The predicted molar refractivity (Wildman–Crippen MR) is 358 cm³/mol. The van der Waals surface area contributed by atoms with Crippen molar-refractivity contribution in [2.45, 2.75) is 0 Å². The molecule has 3 heterocycles. The average Bonchev–Trinajstić information content (AvgIpc) is 2.26. The van der Waals surface area contributed by atoms with Crippen LogP contribution in [-0.4, -0.2) is 32.3 Å². The number of phenolic OH excluding ortho intramolecular Hbond substituents is 2. The average molecular weight is 1280 g/mol. The summed E-state index contributed by atoms with van der Waals surface area (Å²) in [5.74, 6) is 1.39. The number of hydrogen-bond donors (Lipinski definition) is 2. The van der Waals surface area contributed by atoms with Crippen LogP contribution in [0.25, 0.3) is 129 Å². The van der Waals surface area contributed by atoms with Gasteiger partial charge in [-0.15, -0.1) is 34.0 Å². The zero-order chi connectivity index (χ0) is 57.5. The van der Waals surface area contributed by atoms with E-state index in [1.165, 1.54) is 10.3 Å². The SMILES string of the molecule is COc1c(-c2ccccc2)cc(-c2ccccc2)cc1-c1nc2ccccc2s1.Oc1c(-c2ccccc2)cc(-c2ccccc2)cc1-c1nc2ccccc2s1.Oc1c(-c2ccccc2)cc(-c2ccccc2)cc1-c1nc2ccccc2s1.[Zn].[Zn]. The Hall–Kier alpha value is -9.04. The second-order valence-corrected chi connectivity index (χ2v) is 23.2. The standard InChI is InChI=1S/C26H19NOS.2C25H17NOS.2Zn/c1-28-25-21(19-12-6-3-7-13-19)16-20(18-10-4-2-5-11-18)17-22(25)26-27-23-14-8-9-15-24(23)29-26;2*27-24-20(18-11-5-2-6-12-18)15-19(17-9-3-1-4-10-17)16-21(24)25-26-22-13-7-8-14-23(22)28-25;;/h2-17H,1H3;2*1-16,27H;;. The van der Waals surface area contributed by atoms with Gasteiger partial charge in [0.15, 0.2) is 0 Å². The number of methoxy groups -OCH3 is 1. The van der Waals surface area contributed by atoms with Crippen molar-refractivity contribution in [2.24, 2.45) is 0 Å². The summed E-state index contributed by atoms with van der Waals surface area (Å²) in [5.41, 5.74) is 18.0. The molecule has 15 aromatic rings. The summed E-state index contributed by atoms with van der Waals surface area (Å²) in [7, 11) is 1.74. The monoisotopic (exact) mass is 1280 g/mol. The van der Waals surface area contributed by atoms with Gasteiger partial charge in [-0.1, -0.05) is 218 Å². The van der Waals surface area contributed by atoms with Crippen LogP contribution < -0.4 is 4.74 Å². The van der Waals surface area contributed by atoms with E-state index in [9.17, 15) is 10.2 Å². The molecule has 0 unspecified atom stereocenters. The van der Waals surface area contributed by atoms with Crippen molar-refractivity contribution in [3.8, 4) is 116 Å². The molecule has 0 saturated heterocycles. The van der Waals surface area contributed by atoms with Gasteiger partial charge in [0.25, 0.3) is 0 Å². The first-order chi connectivity index (χ1) is 41.9. The van der Waals surface area contributed by atoms with E-state index < -0.39 is 0 Å². The van der Waals surface area contributed by atoms with Crippen molar-refractivity contribution in [3.05, 3.63) is 291 Å². The van der Waals surface area contributed by atoms with Gasteiger partial charge in [-0.05, 0) is 123 Å². The maximum atomic E-state index is 11.2. The number of ether oxygens (including phenoxy) is 1. The summed E-state index contributed by atoms with van der Waals surface area (Å²) >= 11 is 4.90. The van der Waals surface area contributed by atoms with Crippen LogP contribution in [0.15, 0.2) is 291 Å². The Labute approximate surface area is 543 Å². The molecule has 412 valence electrons. The third-order valence-corrected chi connectivity index (χ3v) is 17.9. The molecule has 12 aromatic carbocycles. The van der Waals surface area contributed by atoms with E-state index in [0.29, 0.717) is 0 Å². The molecule has 0 aliphatic heterocycles. The van der Waals surface area contributed by atoms with E-state index in [-0.39, 0.29) is 50.5 Å². The van der Waals surface area contributed by atoms with Gasteiger partial charge in [-0.25, -0.2) is 15.0 Å².